The Labute approximate surface area is 140 Å². The number of rotatable bonds is 5. The van der Waals surface area contributed by atoms with Gasteiger partial charge in [-0.1, -0.05) is 18.2 Å². The fraction of sp³-hybridized carbons (Fsp3) is 0.316. The van der Waals surface area contributed by atoms with Crippen LogP contribution < -0.4 is 14.8 Å². The van der Waals surface area contributed by atoms with Gasteiger partial charge in [0.05, 0.1) is 0 Å². The average Bonchev–Trinajstić information content (AvgIpc) is 2.60. The first kappa shape index (κ1) is 16.3. The zero-order valence-corrected chi connectivity index (χ0v) is 13.6. The van der Waals surface area contributed by atoms with Gasteiger partial charge in [-0.15, -0.1) is 0 Å². The molecule has 0 saturated carbocycles. The standard InChI is InChI=1S/C19H20FNO3/c1-13-2-3-15(10-16(13)20)12-21-19(22)7-5-14-4-6-17-18(11-14)24-9-8-23-17/h2-4,6,10-11H,5,7-9,12H2,1H3,(H,21,22). The minimum atomic E-state index is -0.252. The molecule has 0 aliphatic carbocycles. The van der Waals surface area contributed by atoms with Crippen LogP contribution in [0.25, 0.3) is 0 Å². The molecule has 0 spiro atoms. The monoisotopic (exact) mass is 329 g/mol. The van der Waals surface area contributed by atoms with E-state index in [1.54, 1.807) is 13.0 Å². The predicted molar refractivity (Wildman–Crippen MR) is 88.7 cm³/mol. The van der Waals surface area contributed by atoms with Gasteiger partial charge in [0.25, 0.3) is 0 Å². The molecule has 0 radical (unpaired) electrons. The van der Waals surface area contributed by atoms with E-state index in [1.807, 2.05) is 24.3 Å². The van der Waals surface area contributed by atoms with Crippen LogP contribution in [0, 0.1) is 12.7 Å². The lowest BCUT2D eigenvalue weighted by Crippen LogP contribution is -2.23. The highest BCUT2D eigenvalue weighted by Gasteiger charge is 2.12. The van der Waals surface area contributed by atoms with Crippen LogP contribution in [0.1, 0.15) is 23.1 Å². The van der Waals surface area contributed by atoms with Crippen LogP contribution in [0.4, 0.5) is 4.39 Å². The lowest BCUT2D eigenvalue weighted by atomic mass is 10.1. The first-order valence-electron chi connectivity index (χ1n) is 8.02. The molecule has 0 saturated heterocycles. The second-order valence-corrected chi connectivity index (χ2v) is 5.84. The number of nitrogens with one attached hydrogen (secondary N) is 1. The first-order valence-corrected chi connectivity index (χ1v) is 8.02. The van der Waals surface area contributed by atoms with E-state index >= 15 is 0 Å². The molecule has 0 aromatic heterocycles. The first-order chi connectivity index (χ1) is 11.6. The smallest absolute Gasteiger partial charge is 0.220 e. The van der Waals surface area contributed by atoms with Gasteiger partial charge < -0.3 is 14.8 Å². The van der Waals surface area contributed by atoms with Gasteiger partial charge in [-0.05, 0) is 48.2 Å². The van der Waals surface area contributed by atoms with Gasteiger partial charge in [-0.25, -0.2) is 4.39 Å². The van der Waals surface area contributed by atoms with Crippen LogP contribution in [-0.2, 0) is 17.8 Å². The Morgan fingerprint density at radius 1 is 1.08 bits per heavy atom. The van der Waals surface area contributed by atoms with Crippen molar-refractivity contribution in [3.63, 3.8) is 0 Å². The second-order valence-electron chi connectivity index (χ2n) is 5.84. The molecule has 1 heterocycles. The maximum absolute atomic E-state index is 13.5. The quantitative estimate of drug-likeness (QED) is 0.917. The molecule has 126 valence electrons. The molecule has 1 aliphatic rings. The van der Waals surface area contributed by atoms with Crippen LogP contribution >= 0.6 is 0 Å². The van der Waals surface area contributed by atoms with Gasteiger partial charge in [0, 0.05) is 13.0 Å². The average molecular weight is 329 g/mol. The zero-order valence-electron chi connectivity index (χ0n) is 13.6. The lowest BCUT2D eigenvalue weighted by Gasteiger charge is -2.18. The third-order valence-electron chi connectivity index (χ3n) is 3.97. The number of halogens is 1. The second kappa shape index (κ2) is 7.34. The number of amides is 1. The summed E-state index contributed by atoms with van der Waals surface area (Å²) in [5.74, 6) is 1.16. The number of benzene rings is 2. The van der Waals surface area contributed by atoms with Crippen molar-refractivity contribution < 1.29 is 18.7 Å². The summed E-state index contributed by atoms with van der Waals surface area (Å²) < 4.78 is 24.5. The maximum atomic E-state index is 13.5. The molecule has 1 amide bonds. The SMILES string of the molecule is Cc1ccc(CNC(=O)CCc2ccc3c(c2)OCCO3)cc1F. The minimum absolute atomic E-state index is 0.0640. The van der Waals surface area contributed by atoms with Gasteiger partial charge in [-0.2, -0.15) is 0 Å². The van der Waals surface area contributed by atoms with Gasteiger partial charge in [0.2, 0.25) is 5.91 Å². The molecular weight excluding hydrogens is 309 g/mol. The molecule has 0 fully saturated rings. The van der Waals surface area contributed by atoms with Crippen molar-refractivity contribution in [1.82, 2.24) is 5.32 Å². The minimum Gasteiger partial charge on any atom is -0.486 e. The Morgan fingerprint density at radius 3 is 2.62 bits per heavy atom. The van der Waals surface area contributed by atoms with E-state index in [2.05, 4.69) is 5.32 Å². The third-order valence-corrected chi connectivity index (χ3v) is 3.97. The summed E-state index contributed by atoms with van der Waals surface area (Å²) in [5, 5.41) is 2.82. The van der Waals surface area contributed by atoms with Crippen LogP contribution in [0.5, 0.6) is 11.5 Å². The lowest BCUT2D eigenvalue weighted by molar-refractivity contribution is -0.121. The Bertz CT molecular complexity index is 745. The molecule has 0 bridgehead atoms. The molecule has 2 aromatic rings. The summed E-state index contributed by atoms with van der Waals surface area (Å²) in [7, 11) is 0. The Hall–Kier alpha value is -2.56. The van der Waals surface area contributed by atoms with Gasteiger partial charge in [0.1, 0.15) is 19.0 Å². The molecule has 0 unspecified atom stereocenters. The largest absolute Gasteiger partial charge is 0.486 e. The van der Waals surface area contributed by atoms with Crippen molar-refractivity contribution >= 4 is 5.91 Å². The number of hydrogen-bond acceptors (Lipinski definition) is 3. The van der Waals surface area contributed by atoms with E-state index in [-0.39, 0.29) is 11.7 Å². The molecule has 1 aliphatic heterocycles. The van der Waals surface area contributed by atoms with Crippen molar-refractivity contribution in [1.29, 1.82) is 0 Å². The summed E-state index contributed by atoms with van der Waals surface area (Å²) in [6.45, 7) is 3.15. The summed E-state index contributed by atoms with van der Waals surface area (Å²) in [4.78, 5) is 12.0. The Kier molecular flexibility index (Phi) is 4.99. The molecule has 3 rings (SSSR count). The molecular formula is C19H20FNO3. The summed E-state index contributed by atoms with van der Waals surface area (Å²) in [6, 6.07) is 10.7. The van der Waals surface area contributed by atoms with E-state index in [9.17, 15) is 9.18 Å². The molecule has 5 heteroatoms. The van der Waals surface area contributed by atoms with Crippen molar-refractivity contribution in [2.45, 2.75) is 26.3 Å². The van der Waals surface area contributed by atoms with E-state index in [0.717, 1.165) is 22.6 Å². The fourth-order valence-electron chi connectivity index (χ4n) is 2.54. The predicted octanol–water partition coefficient (Wildman–Crippen LogP) is 3.15. The summed E-state index contributed by atoms with van der Waals surface area (Å²) >= 11 is 0. The summed E-state index contributed by atoms with van der Waals surface area (Å²) in [6.07, 6.45) is 0.985. The van der Waals surface area contributed by atoms with Crippen LogP contribution in [-0.4, -0.2) is 19.1 Å². The topological polar surface area (TPSA) is 47.6 Å². The summed E-state index contributed by atoms with van der Waals surface area (Å²) in [5.41, 5.74) is 2.38. The highest BCUT2D eigenvalue weighted by molar-refractivity contribution is 5.76. The number of aryl methyl sites for hydroxylation is 2. The maximum Gasteiger partial charge on any atom is 0.220 e. The van der Waals surface area contributed by atoms with Crippen molar-refractivity contribution in [3.05, 3.63) is 58.9 Å². The molecule has 4 nitrogen and oxygen atoms in total. The van der Waals surface area contributed by atoms with Crippen LogP contribution in [0.3, 0.4) is 0 Å². The van der Waals surface area contributed by atoms with Gasteiger partial charge in [0.15, 0.2) is 11.5 Å². The number of hydrogen-bond donors (Lipinski definition) is 1. The Balaban J connectivity index is 1.49. The van der Waals surface area contributed by atoms with Crippen LogP contribution in [0.2, 0.25) is 0 Å². The van der Waals surface area contributed by atoms with E-state index in [1.165, 1.54) is 6.07 Å². The number of carbonyl (C=O) groups excluding carboxylic acids is 1. The van der Waals surface area contributed by atoms with E-state index < -0.39 is 0 Å². The number of fused-ring (bicyclic) bond motifs is 1. The Morgan fingerprint density at radius 2 is 1.83 bits per heavy atom. The highest BCUT2D eigenvalue weighted by atomic mass is 19.1. The molecule has 1 N–H and O–H groups in total. The molecule has 2 aromatic carbocycles. The molecule has 24 heavy (non-hydrogen) atoms. The third kappa shape index (κ3) is 4.04. The zero-order chi connectivity index (χ0) is 16.9. The van der Waals surface area contributed by atoms with Crippen molar-refractivity contribution in [2.24, 2.45) is 0 Å². The normalized spacial score (nSPS) is 12.8. The fourth-order valence-corrected chi connectivity index (χ4v) is 2.54. The van der Waals surface area contributed by atoms with E-state index in [0.29, 0.717) is 38.2 Å². The molecule has 0 atom stereocenters. The van der Waals surface area contributed by atoms with Crippen molar-refractivity contribution in [3.8, 4) is 11.5 Å². The van der Waals surface area contributed by atoms with Crippen LogP contribution in [0.15, 0.2) is 36.4 Å². The van der Waals surface area contributed by atoms with Gasteiger partial charge >= 0.3 is 0 Å². The van der Waals surface area contributed by atoms with Crippen molar-refractivity contribution in [2.75, 3.05) is 13.2 Å². The van der Waals surface area contributed by atoms with E-state index in [4.69, 9.17) is 9.47 Å². The highest BCUT2D eigenvalue weighted by Crippen LogP contribution is 2.31. The number of carbonyl (C=O) groups is 1. The number of ether oxygens (including phenoxy) is 2. The van der Waals surface area contributed by atoms with Gasteiger partial charge in [-0.3, -0.25) is 4.79 Å².